The summed E-state index contributed by atoms with van der Waals surface area (Å²) in [5.41, 5.74) is -1.43. The Morgan fingerprint density at radius 2 is 1.82 bits per heavy atom. The topological polar surface area (TPSA) is 166 Å². The van der Waals surface area contributed by atoms with E-state index in [2.05, 4.69) is 10.6 Å². The molecule has 14 heteroatoms. The van der Waals surface area contributed by atoms with E-state index in [0.717, 1.165) is 38.5 Å². The first-order chi connectivity index (χ1) is 23.5. The van der Waals surface area contributed by atoms with Crippen LogP contribution in [-0.4, -0.2) is 81.9 Å². The summed E-state index contributed by atoms with van der Waals surface area (Å²) < 4.78 is 18.7. The van der Waals surface area contributed by atoms with Crippen molar-refractivity contribution in [2.24, 2.45) is 13.0 Å². The zero-order chi connectivity index (χ0) is 34.9. The van der Waals surface area contributed by atoms with Crippen molar-refractivity contribution in [1.29, 1.82) is 0 Å². The minimum absolute atomic E-state index is 0.000152. The molecule has 3 heterocycles. The summed E-state index contributed by atoms with van der Waals surface area (Å²) >= 11 is 6.59. The summed E-state index contributed by atoms with van der Waals surface area (Å²) in [5.74, 6) is -1.88. The molecule has 13 nitrogen and oxygen atoms in total. The number of carbonyl (C=O) groups excluding carboxylic acids is 3. The van der Waals surface area contributed by atoms with E-state index in [1.54, 1.807) is 19.2 Å². The first kappa shape index (κ1) is 34.6. The maximum absolute atomic E-state index is 14.0. The molecular weight excluding hydrogens is 656 g/mol. The van der Waals surface area contributed by atoms with E-state index < -0.39 is 41.7 Å². The Morgan fingerprint density at radius 3 is 2.55 bits per heavy atom. The molecule has 0 spiro atoms. The number of halogens is 1. The first-order valence-corrected chi connectivity index (χ1v) is 17.4. The summed E-state index contributed by atoms with van der Waals surface area (Å²) in [4.78, 5) is 67.5. The summed E-state index contributed by atoms with van der Waals surface area (Å²) in [5, 5.41) is 16.5. The summed E-state index contributed by atoms with van der Waals surface area (Å²) in [6, 6.07) is 3.14. The lowest BCUT2D eigenvalue weighted by atomic mass is 10.0. The van der Waals surface area contributed by atoms with Crippen LogP contribution < -0.4 is 25.7 Å². The van der Waals surface area contributed by atoms with E-state index in [-0.39, 0.29) is 60.1 Å². The maximum Gasteiger partial charge on any atom is 0.407 e. The van der Waals surface area contributed by atoms with Crippen LogP contribution in [0, 0.1) is 5.92 Å². The number of ether oxygens (including phenoxy) is 3. The number of carboxylic acids is 1. The van der Waals surface area contributed by atoms with Crippen LogP contribution in [0.5, 0.6) is 11.5 Å². The van der Waals surface area contributed by atoms with Gasteiger partial charge in [0.25, 0.3) is 5.56 Å². The van der Waals surface area contributed by atoms with Crippen LogP contribution in [0.4, 0.5) is 4.79 Å². The molecule has 0 bridgehead atoms. The number of nitrogens with one attached hydrogen (secondary N) is 2. The van der Waals surface area contributed by atoms with Crippen molar-refractivity contribution in [3.05, 3.63) is 45.7 Å². The van der Waals surface area contributed by atoms with Crippen molar-refractivity contribution < 1.29 is 38.5 Å². The van der Waals surface area contributed by atoms with Gasteiger partial charge in [-0.25, -0.2) is 9.59 Å². The fraction of sp³-hybridized carbons (Fsp3) is 0.571. The molecule has 2 aliphatic heterocycles. The molecule has 2 aromatic rings. The quantitative estimate of drug-likeness (QED) is 0.377. The van der Waals surface area contributed by atoms with E-state index in [1.165, 1.54) is 22.6 Å². The number of aryl methyl sites for hydroxylation is 1. The number of aromatic nitrogens is 1. The van der Waals surface area contributed by atoms with Gasteiger partial charge in [0.15, 0.2) is 0 Å². The van der Waals surface area contributed by atoms with Crippen molar-refractivity contribution in [2.75, 3.05) is 13.7 Å². The number of rotatable bonds is 6. The van der Waals surface area contributed by atoms with Gasteiger partial charge in [0.2, 0.25) is 11.8 Å². The average molecular weight is 699 g/mol. The van der Waals surface area contributed by atoms with Gasteiger partial charge in [0.1, 0.15) is 40.3 Å². The van der Waals surface area contributed by atoms with Gasteiger partial charge in [0.05, 0.1) is 19.2 Å². The number of carbonyl (C=O) groups is 4. The number of carboxylic acid groups (broad SMARTS) is 1. The van der Waals surface area contributed by atoms with Gasteiger partial charge in [-0.05, 0) is 63.5 Å². The molecule has 2 saturated carbocycles. The molecule has 4 aliphatic rings. The molecule has 3 fully saturated rings. The number of aliphatic carboxylic acids is 1. The van der Waals surface area contributed by atoms with E-state index in [4.69, 9.17) is 25.8 Å². The van der Waals surface area contributed by atoms with E-state index in [0.29, 0.717) is 29.5 Å². The lowest BCUT2D eigenvalue weighted by Gasteiger charge is -2.27. The molecule has 3 N–H and O–H groups in total. The van der Waals surface area contributed by atoms with Gasteiger partial charge < -0.3 is 39.4 Å². The molecule has 1 aromatic carbocycles. The zero-order valence-corrected chi connectivity index (χ0v) is 28.5. The van der Waals surface area contributed by atoms with Crippen LogP contribution in [0.15, 0.2) is 35.1 Å². The standard InChI is InChI=1S/C35H43ClN4O9/c1-39-28(41)17-27(24-13-14-26(47-2)30(36)31(24)39)48-23-16-25-32(43)38-35(33(44)45)18-20(35)9-5-3-4-6-10-21(15-29(42)40(25)19-23)37-34(46)49-22-11-7-8-12-22/h5,9,13-14,17,20-23,25H,3-4,6-8,10-12,15-16,18-19H2,1-2H3,(H,37,46)(H,38,43)(H,44,45)/b9-5-/t20-,21-,23+,25-,35+/m0/s1. The third-order valence-electron chi connectivity index (χ3n) is 10.3. The summed E-state index contributed by atoms with van der Waals surface area (Å²) in [6.45, 7) is 0.000152. The Kier molecular flexibility index (Phi) is 10.1. The van der Waals surface area contributed by atoms with Gasteiger partial charge in [-0.2, -0.15) is 0 Å². The fourth-order valence-electron chi connectivity index (χ4n) is 7.40. The van der Waals surface area contributed by atoms with Crippen LogP contribution in [-0.2, 0) is 26.2 Å². The van der Waals surface area contributed by atoms with Gasteiger partial charge in [-0.15, -0.1) is 0 Å². The lowest BCUT2D eigenvalue weighted by molar-refractivity contribution is -0.145. The molecule has 1 saturated heterocycles. The van der Waals surface area contributed by atoms with Crippen LogP contribution in [0.3, 0.4) is 0 Å². The second-order valence-electron chi connectivity index (χ2n) is 13.6. The highest BCUT2D eigenvalue weighted by atomic mass is 35.5. The van der Waals surface area contributed by atoms with Gasteiger partial charge in [-0.3, -0.25) is 14.4 Å². The second kappa shape index (κ2) is 14.3. The average Bonchev–Trinajstić information content (AvgIpc) is 3.34. The molecule has 1 aromatic heterocycles. The molecule has 0 radical (unpaired) electrons. The molecule has 0 unspecified atom stereocenters. The normalized spacial score (nSPS) is 28.4. The highest BCUT2D eigenvalue weighted by Crippen LogP contribution is 2.45. The molecule has 5 atom stereocenters. The number of nitrogens with zero attached hydrogens (tertiary/aromatic N) is 2. The number of methoxy groups -OCH3 is 1. The molecule has 264 valence electrons. The molecule has 2 aliphatic carbocycles. The highest BCUT2D eigenvalue weighted by molar-refractivity contribution is 6.36. The summed E-state index contributed by atoms with van der Waals surface area (Å²) in [6.07, 6.45) is 8.96. The van der Waals surface area contributed by atoms with Crippen molar-refractivity contribution in [2.45, 2.75) is 100 Å². The fourth-order valence-corrected chi connectivity index (χ4v) is 7.77. The Hall–Kier alpha value is -4.26. The minimum atomic E-state index is -1.45. The predicted molar refractivity (Wildman–Crippen MR) is 180 cm³/mol. The monoisotopic (exact) mass is 698 g/mol. The minimum Gasteiger partial charge on any atom is -0.495 e. The number of fused-ring (bicyclic) bond motifs is 3. The van der Waals surface area contributed by atoms with Crippen LogP contribution in [0.1, 0.15) is 70.6 Å². The van der Waals surface area contributed by atoms with E-state index >= 15 is 0 Å². The zero-order valence-electron chi connectivity index (χ0n) is 27.7. The molecule has 49 heavy (non-hydrogen) atoms. The Labute approximate surface area is 288 Å². The van der Waals surface area contributed by atoms with E-state index in [9.17, 15) is 29.1 Å². The van der Waals surface area contributed by atoms with Crippen LogP contribution >= 0.6 is 11.6 Å². The largest absolute Gasteiger partial charge is 0.495 e. The highest BCUT2D eigenvalue weighted by Gasteiger charge is 2.61. The summed E-state index contributed by atoms with van der Waals surface area (Å²) in [7, 11) is 3.06. The van der Waals surface area contributed by atoms with Crippen LogP contribution in [0.2, 0.25) is 5.02 Å². The number of alkyl carbamates (subject to hydrolysis) is 1. The molecule has 6 rings (SSSR count). The van der Waals surface area contributed by atoms with Crippen molar-refractivity contribution >= 4 is 46.4 Å². The third-order valence-corrected chi connectivity index (χ3v) is 10.6. The van der Waals surface area contributed by atoms with Gasteiger partial charge in [-0.1, -0.05) is 30.2 Å². The second-order valence-corrected chi connectivity index (χ2v) is 13.9. The molecule has 3 amide bonds. The van der Waals surface area contributed by atoms with Crippen molar-refractivity contribution in [3.8, 4) is 11.5 Å². The number of hydrogen-bond acceptors (Lipinski definition) is 8. The van der Waals surface area contributed by atoms with Crippen molar-refractivity contribution in [1.82, 2.24) is 20.1 Å². The van der Waals surface area contributed by atoms with E-state index in [1.807, 2.05) is 12.2 Å². The number of pyridine rings is 1. The number of allylic oxidation sites excluding steroid dienone is 1. The van der Waals surface area contributed by atoms with Crippen LogP contribution in [0.25, 0.3) is 10.9 Å². The number of hydrogen-bond donors (Lipinski definition) is 3. The smallest absolute Gasteiger partial charge is 0.407 e. The maximum atomic E-state index is 14.0. The Balaban J connectivity index is 1.28. The molecular formula is C35H43ClN4O9. The van der Waals surface area contributed by atoms with Gasteiger partial charge >= 0.3 is 12.1 Å². The predicted octanol–water partition coefficient (Wildman–Crippen LogP) is 4.07. The Morgan fingerprint density at radius 1 is 1.06 bits per heavy atom. The number of amides is 3. The third kappa shape index (κ3) is 7.22. The Bertz CT molecular complexity index is 1720. The van der Waals surface area contributed by atoms with Crippen molar-refractivity contribution in [3.63, 3.8) is 0 Å². The SMILES string of the molecule is COc1ccc2c(O[C@@H]3C[C@H]4C(=O)N[C@]5(C(=O)O)C[C@@H]5/C=C\CCCC[C@H](NC(=O)OC5CCCC5)CC(=O)N4C3)cc(=O)n(C)c2c1Cl. The lowest BCUT2D eigenvalue weighted by Crippen LogP contribution is -2.53. The number of benzene rings is 1. The first-order valence-electron chi connectivity index (χ1n) is 17.0. The van der Waals surface area contributed by atoms with Gasteiger partial charge in [0, 0.05) is 43.3 Å².